The molecular formula is C82H135N15O20. The quantitative estimate of drug-likeness (QED) is 0.0547. The molecule has 2 aromatic rings. The monoisotopic (exact) mass is 1650 g/mol. The second kappa shape index (κ2) is 46.1. The number of nitrogens with one attached hydrogen (secondary N) is 7. The van der Waals surface area contributed by atoms with Crippen LogP contribution < -0.4 is 31.9 Å². The highest BCUT2D eigenvalue weighted by atomic mass is 16.5. The molecule has 1 aliphatic carbocycles. The van der Waals surface area contributed by atoms with Gasteiger partial charge in [0, 0.05) is 80.3 Å². The van der Waals surface area contributed by atoms with Gasteiger partial charge in [0.05, 0.1) is 61.9 Å². The number of amides is 13. The lowest BCUT2D eigenvalue weighted by Gasteiger charge is -2.41. The highest BCUT2D eigenvalue weighted by Crippen LogP contribution is 2.35. The number of hydrogen-bond acceptors (Lipinski definition) is 19. The average molecular weight is 1650 g/mol. The highest BCUT2D eigenvalue weighted by molar-refractivity contribution is 6.01. The average Bonchev–Trinajstić information content (AvgIpc) is 0.880. The van der Waals surface area contributed by atoms with Crippen molar-refractivity contribution in [3.05, 3.63) is 29.6 Å². The Labute approximate surface area is 689 Å². The van der Waals surface area contributed by atoms with Crippen LogP contribution in [-0.4, -0.2) is 310 Å². The number of aromatic nitrogens is 2. The standard InChI is InChI=1S/C82H135N15O20/c1-24-56-76(107)91(17)42-64(98)92(18)59(33-43(2)3)73(104)90-65(47(10)11)79(110)93(19)60(34-44(4)5)72(103)85-50(15)69(100)86-51(16)75(106)94(20)61(35-45(6)7)77(108)95(21)62(36-46(8)9)78(109)96(22)66(48(12)13)80(111)97(23)67(74(105)89-56)68(99)49(14)37-63-87-57-26-25-52(41-58(57)88-63)70(101)83-27-29-116-31-32-117-30-28-84-71(102)53-38-54(81(112)113)40-55(39-53)82(114)115/h25-26,41,43-51,53-56,59-62,65-68,99H,24,27-40,42H2,1-23H3,(H,83,101)(H,84,102)(H,85,103)(H,86,100)(H,87,88)(H,89,105)(H,90,104)(H,112,113)(H,114,115)/t49-,50+,51-,53-,54+,55-,56+,59+,60+,61+,62+,65+,66+,67+,68-/m1/s1. The number of likely N-dealkylation sites (N-methyl/N-ethyl adjacent to an activating group) is 7. The van der Waals surface area contributed by atoms with Gasteiger partial charge < -0.3 is 96.0 Å². The Hall–Kier alpha value is -9.38. The number of nitrogens with zero attached hydrogens (tertiary/aromatic N) is 8. The number of carbonyl (C=O) groups is 15. The Balaban J connectivity index is 1.72. The van der Waals surface area contributed by atoms with E-state index < -0.39 is 197 Å². The van der Waals surface area contributed by atoms with E-state index in [9.17, 15) is 68.1 Å². The second-order valence-corrected chi connectivity index (χ2v) is 34.2. The molecule has 117 heavy (non-hydrogen) atoms. The fourth-order valence-corrected chi connectivity index (χ4v) is 14.9. The van der Waals surface area contributed by atoms with Gasteiger partial charge in [0.1, 0.15) is 66.2 Å². The molecule has 2 aliphatic rings. The van der Waals surface area contributed by atoms with Gasteiger partial charge in [-0.3, -0.25) is 71.9 Å². The summed E-state index contributed by atoms with van der Waals surface area (Å²) in [5.74, 6) is -16.6. The van der Waals surface area contributed by atoms with Crippen LogP contribution in [0.15, 0.2) is 18.2 Å². The summed E-state index contributed by atoms with van der Waals surface area (Å²) < 4.78 is 11.2. The summed E-state index contributed by atoms with van der Waals surface area (Å²) in [6.07, 6.45) is -1.44. The fourth-order valence-electron chi connectivity index (χ4n) is 14.9. The smallest absolute Gasteiger partial charge is 0.306 e. The molecule has 658 valence electrons. The molecule has 10 N–H and O–H groups in total. The fraction of sp³-hybridized carbons (Fsp3) is 0.732. The third-order valence-electron chi connectivity index (χ3n) is 21.9. The number of rotatable bonds is 28. The maximum Gasteiger partial charge on any atom is 0.306 e. The predicted octanol–water partition coefficient (Wildman–Crippen LogP) is 2.50. The molecule has 0 spiro atoms. The first-order chi connectivity index (χ1) is 54.6. The minimum Gasteiger partial charge on any atom is -0.481 e. The minimum absolute atomic E-state index is 0.0332. The number of carboxylic acids is 2. The summed E-state index contributed by atoms with van der Waals surface area (Å²) in [5.41, 5.74) is 1.12. The maximum absolute atomic E-state index is 15.6. The summed E-state index contributed by atoms with van der Waals surface area (Å²) >= 11 is 0. The maximum atomic E-state index is 15.6. The van der Waals surface area contributed by atoms with Crippen molar-refractivity contribution in [3.63, 3.8) is 0 Å². The number of carbonyl (C=O) groups excluding carboxylic acids is 13. The molecule has 1 aromatic carbocycles. The third-order valence-corrected chi connectivity index (χ3v) is 21.9. The van der Waals surface area contributed by atoms with E-state index >= 15 is 19.2 Å². The van der Waals surface area contributed by atoms with E-state index in [0.29, 0.717) is 16.9 Å². The number of H-pyrrole nitrogens is 1. The van der Waals surface area contributed by atoms with Crippen LogP contribution >= 0.6 is 0 Å². The van der Waals surface area contributed by atoms with Gasteiger partial charge in [-0.1, -0.05) is 96.9 Å². The number of benzene rings is 1. The van der Waals surface area contributed by atoms with Gasteiger partial charge in [-0.2, -0.15) is 0 Å². The normalized spacial score (nSPS) is 25.3. The van der Waals surface area contributed by atoms with Crippen molar-refractivity contribution < 1.29 is 96.7 Å². The number of aliphatic carboxylic acids is 2. The van der Waals surface area contributed by atoms with E-state index in [0.717, 1.165) is 9.80 Å². The van der Waals surface area contributed by atoms with E-state index in [1.165, 1.54) is 87.7 Å². The number of ether oxygens (including phenoxy) is 2. The third kappa shape index (κ3) is 28.4. The Kier molecular flexibility index (Phi) is 39.4. The van der Waals surface area contributed by atoms with E-state index in [2.05, 4.69) is 36.9 Å². The molecule has 35 nitrogen and oxygen atoms in total. The summed E-state index contributed by atoms with van der Waals surface area (Å²) in [4.78, 5) is 229. The number of aliphatic hydroxyl groups is 1. The van der Waals surface area contributed by atoms with Crippen molar-refractivity contribution in [1.29, 1.82) is 0 Å². The van der Waals surface area contributed by atoms with Crippen molar-refractivity contribution in [2.75, 3.05) is 95.4 Å². The summed E-state index contributed by atoms with van der Waals surface area (Å²) in [6, 6.07) is -8.46. The number of hydrogen-bond donors (Lipinski definition) is 10. The number of aliphatic hydroxyl groups excluding tert-OH is 1. The second-order valence-electron chi connectivity index (χ2n) is 34.2. The van der Waals surface area contributed by atoms with Crippen LogP contribution in [0.1, 0.15) is 178 Å². The number of fused-ring (bicyclic) bond motifs is 1. The molecule has 2 fully saturated rings. The van der Waals surface area contributed by atoms with Gasteiger partial charge in [0.15, 0.2) is 0 Å². The lowest BCUT2D eigenvalue weighted by molar-refractivity contribution is -0.157. The van der Waals surface area contributed by atoms with Gasteiger partial charge >= 0.3 is 11.9 Å². The van der Waals surface area contributed by atoms with Crippen molar-refractivity contribution in [2.45, 2.75) is 235 Å². The van der Waals surface area contributed by atoms with E-state index in [1.807, 2.05) is 55.4 Å². The van der Waals surface area contributed by atoms with E-state index in [1.54, 1.807) is 59.7 Å². The van der Waals surface area contributed by atoms with E-state index in [-0.39, 0.29) is 127 Å². The first kappa shape index (κ1) is 100.0. The SMILES string of the molecule is CC[C@@H]1NC(=O)[C@H]([C@H](O)[C@H](C)Cc2nc3cc(C(=O)NCCOCCOCCNC(=O)[C@@H]4C[C@H](C(=O)O)C[C@H](C(=O)O)C4)ccc3[nH]2)N(C)C(=O)[C@H](C(C)C)N(C)C(=O)[C@H](CC(C)C)N(C)C(=O)[C@H](CC(C)C)N(C)C(=O)[C@@H](C)NC(=O)[C@H](C)NC(=O)[C@H](CC(C)C)N(C)C(=O)[C@H](C(C)C)NC(=O)[C@H](CC(C)C)N(C)C(=O)CN(C)C1=O. The van der Waals surface area contributed by atoms with Crippen molar-refractivity contribution >= 4 is 99.8 Å². The zero-order valence-electron chi connectivity index (χ0n) is 73.0. The van der Waals surface area contributed by atoms with E-state index in [4.69, 9.17) is 14.5 Å². The molecule has 4 rings (SSSR count). The summed E-state index contributed by atoms with van der Waals surface area (Å²) in [5, 5.41) is 48.2. The Morgan fingerprint density at radius 1 is 0.504 bits per heavy atom. The van der Waals surface area contributed by atoms with Gasteiger partial charge in [-0.25, -0.2) is 4.98 Å². The zero-order chi connectivity index (χ0) is 88.6. The predicted molar refractivity (Wildman–Crippen MR) is 435 cm³/mol. The van der Waals surface area contributed by atoms with Crippen LogP contribution in [0.2, 0.25) is 0 Å². The van der Waals surface area contributed by atoms with Gasteiger partial charge in [-0.05, 0) is 125 Å². The van der Waals surface area contributed by atoms with Crippen LogP contribution in [0.25, 0.3) is 11.0 Å². The molecule has 1 saturated heterocycles. The molecule has 15 atom stereocenters. The van der Waals surface area contributed by atoms with Gasteiger partial charge in [-0.15, -0.1) is 0 Å². The number of aromatic amines is 1. The molecule has 13 amide bonds. The molecule has 2 heterocycles. The van der Waals surface area contributed by atoms with Crippen molar-refractivity contribution in [1.82, 2.24) is 76.2 Å². The molecule has 1 aliphatic heterocycles. The first-order valence-electron chi connectivity index (χ1n) is 41.0. The Morgan fingerprint density at radius 2 is 0.966 bits per heavy atom. The Morgan fingerprint density at radius 3 is 1.47 bits per heavy atom. The topological polar surface area (TPSA) is 459 Å². The van der Waals surface area contributed by atoms with Crippen molar-refractivity contribution in [3.8, 4) is 0 Å². The molecular weight excluding hydrogens is 1510 g/mol. The van der Waals surface area contributed by atoms with Crippen molar-refractivity contribution in [2.24, 2.45) is 59.2 Å². The zero-order valence-corrected chi connectivity index (χ0v) is 73.0. The molecule has 0 unspecified atom stereocenters. The van der Waals surface area contributed by atoms with Crippen LogP contribution in [0.3, 0.4) is 0 Å². The number of imidazole rings is 1. The first-order valence-corrected chi connectivity index (χ1v) is 41.0. The molecule has 1 saturated carbocycles. The molecule has 0 radical (unpaired) electrons. The largest absolute Gasteiger partial charge is 0.481 e. The molecule has 35 heteroatoms. The lowest BCUT2D eigenvalue weighted by Crippen LogP contribution is -2.63. The molecule has 0 bridgehead atoms. The summed E-state index contributed by atoms with van der Waals surface area (Å²) in [6.45, 7) is 27.7. The van der Waals surface area contributed by atoms with Gasteiger partial charge in [0.25, 0.3) is 5.91 Å². The van der Waals surface area contributed by atoms with Gasteiger partial charge in [0.2, 0.25) is 70.9 Å². The van der Waals surface area contributed by atoms with Crippen LogP contribution in [0.5, 0.6) is 0 Å². The van der Waals surface area contributed by atoms with Crippen LogP contribution in [0, 0.1) is 59.2 Å². The lowest BCUT2D eigenvalue weighted by atomic mass is 9.75. The highest BCUT2D eigenvalue weighted by Gasteiger charge is 2.47. The minimum atomic E-state index is -1.82. The van der Waals surface area contributed by atoms with Crippen LogP contribution in [0.4, 0.5) is 0 Å². The van der Waals surface area contributed by atoms with Crippen LogP contribution in [-0.2, 0) is 83.0 Å². The Bertz CT molecular complexity index is 3750. The number of carboxylic acid groups (broad SMARTS) is 2. The molecule has 1 aromatic heterocycles. The summed E-state index contributed by atoms with van der Waals surface area (Å²) in [7, 11) is 9.66.